The third-order valence-corrected chi connectivity index (χ3v) is 5.43. The SMILES string of the molecule is CCN(C(=O)C(C)OC(=O)c1cnccn1)C1CCS(=O)(=O)C1. The van der Waals surface area contributed by atoms with E-state index in [4.69, 9.17) is 4.74 Å². The number of ether oxygens (including phenoxy) is 1. The van der Waals surface area contributed by atoms with Crippen molar-refractivity contribution in [3.8, 4) is 0 Å². The normalized spacial score (nSPS) is 20.7. The van der Waals surface area contributed by atoms with Crippen LogP contribution >= 0.6 is 0 Å². The van der Waals surface area contributed by atoms with Crippen LogP contribution in [0.4, 0.5) is 0 Å². The molecule has 0 N–H and O–H groups in total. The Morgan fingerprint density at radius 3 is 2.70 bits per heavy atom. The topological polar surface area (TPSA) is 107 Å². The smallest absolute Gasteiger partial charge is 0.359 e. The van der Waals surface area contributed by atoms with Crippen LogP contribution in [0, 0.1) is 0 Å². The Morgan fingerprint density at radius 1 is 1.43 bits per heavy atom. The fourth-order valence-corrected chi connectivity index (χ4v) is 4.26. The van der Waals surface area contributed by atoms with Crippen molar-refractivity contribution in [3.63, 3.8) is 0 Å². The molecule has 2 unspecified atom stereocenters. The van der Waals surface area contributed by atoms with E-state index < -0.39 is 27.8 Å². The average Bonchev–Trinajstić information content (AvgIpc) is 2.88. The van der Waals surface area contributed by atoms with E-state index >= 15 is 0 Å². The number of hydrogen-bond acceptors (Lipinski definition) is 7. The molecule has 0 radical (unpaired) electrons. The van der Waals surface area contributed by atoms with Gasteiger partial charge in [-0.2, -0.15) is 0 Å². The first-order chi connectivity index (χ1) is 10.8. The zero-order valence-corrected chi connectivity index (χ0v) is 13.8. The summed E-state index contributed by atoms with van der Waals surface area (Å²) in [5.41, 5.74) is 0.0126. The van der Waals surface area contributed by atoms with Gasteiger partial charge in [-0.05, 0) is 20.3 Å². The summed E-state index contributed by atoms with van der Waals surface area (Å²) in [6.45, 7) is 3.58. The maximum Gasteiger partial charge on any atom is 0.359 e. The first kappa shape index (κ1) is 17.3. The van der Waals surface area contributed by atoms with Crippen molar-refractivity contribution >= 4 is 21.7 Å². The molecule has 126 valence electrons. The van der Waals surface area contributed by atoms with Gasteiger partial charge in [0.25, 0.3) is 5.91 Å². The van der Waals surface area contributed by atoms with Crippen molar-refractivity contribution in [1.82, 2.24) is 14.9 Å². The van der Waals surface area contributed by atoms with Crippen molar-refractivity contribution in [2.24, 2.45) is 0 Å². The van der Waals surface area contributed by atoms with Crippen LogP contribution in [0.3, 0.4) is 0 Å². The molecule has 2 heterocycles. The molecule has 1 aliphatic heterocycles. The fraction of sp³-hybridized carbons (Fsp3) is 0.571. The lowest BCUT2D eigenvalue weighted by Gasteiger charge is -2.29. The van der Waals surface area contributed by atoms with Crippen LogP contribution in [0.25, 0.3) is 0 Å². The number of sulfone groups is 1. The minimum atomic E-state index is -3.10. The van der Waals surface area contributed by atoms with Crippen LogP contribution in [0.5, 0.6) is 0 Å². The zero-order chi connectivity index (χ0) is 17.0. The van der Waals surface area contributed by atoms with E-state index in [1.165, 1.54) is 30.4 Å². The summed E-state index contributed by atoms with van der Waals surface area (Å²) in [4.78, 5) is 33.4. The highest BCUT2D eigenvalue weighted by Crippen LogP contribution is 2.19. The number of likely N-dealkylation sites (N-methyl/N-ethyl adjacent to an activating group) is 1. The molecule has 2 rings (SSSR count). The molecular weight excluding hydrogens is 322 g/mol. The maximum absolute atomic E-state index is 12.5. The second-order valence-corrected chi connectivity index (χ2v) is 7.55. The summed E-state index contributed by atoms with van der Waals surface area (Å²) in [6.07, 6.45) is 3.41. The summed E-state index contributed by atoms with van der Waals surface area (Å²) < 4.78 is 28.3. The van der Waals surface area contributed by atoms with Gasteiger partial charge in [0.1, 0.15) is 0 Å². The Balaban J connectivity index is 2.01. The highest BCUT2D eigenvalue weighted by molar-refractivity contribution is 7.91. The monoisotopic (exact) mass is 341 g/mol. The van der Waals surface area contributed by atoms with Gasteiger partial charge in [0, 0.05) is 25.0 Å². The number of esters is 1. The lowest BCUT2D eigenvalue weighted by molar-refractivity contribution is -0.141. The Bertz CT molecular complexity index is 677. The molecule has 0 aromatic carbocycles. The molecule has 1 aliphatic rings. The standard InChI is InChI=1S/C14H19N3O5S/c1-3-17(11-4-7-23(20,21)9-11)13(18)10(2)22-14(19)12-8-15-5-6-16-12/h5-6,8,10-11H,3-4,7,9H2,1-2H3. The van der Waals surface area contributed by atoms with Gasteiger partial charge >= 0.3 is 5.97 Å². The minimum Gasteiger partial charge on any atom is -0.448 e. The van der Waals surface area contributed by atoms with E-state index in [1.54, 1.807) is 6.92 Å². The van der Waals surface area contributed by atoms with Gasteiger partial charge in [-0.3, -0.25) is 9.78 Å². The lowest BCUT2D eigenvalue weighted by Crippen LogP contribution is -2.46. The fourth-order valence-electron chi connectivity index (χ4n) is 2.52. The molecule has 1 amide bonds. The number of nitrogens with zero attached hydrogens (tertiary/aromatic N) is 3. The van der Waals surface area contributed by atoms with E-state index in [-0.39, 0.29) is 23.2 Å². The van der Waals surface area contributed by atoms with Crippen LogP contribution < -0.4 is 0 Å². The molecule has 1 aromatic heterocycles. The zero-order valence-electron chi connectivity index (χ0n) is 13.0. The third kappa shape index (κ3) is 4.25. The van der Waals surface area contributed by atoms with Gasteiger partial charge in [-0.15, -0.1) is 0 Å². The van der Waals surface area contributed by atoms with Crippen molar-refractivity contribution < 1.29 is 22.7 Å². The molecule has 0 aliphatic carbocycles. The predicted molar refractivity (Wildman–Crippen MR) is 81.4 cm³/mol. The van der Waals surface area contributed by atoms with Crippen LogP contribution in [0.15, 0.2) is 18.6 Å². The van der Waals surface area contributed by atoms with Gasteiger partial charge in [0.05, 0.1) is 17.7 Å². The molecule has 9 heteroatoms. The van der Waals surface area contributed by atoms with Crippen molar-refractivity contribution in [3.05, 3.63) is 24.3 Å². The first-order valence-electron chi connectivity index (χ1n) is 7.32. The Morgan fingerprint density at radius 2 is 2.17 bits per heavy atom. The molecule has 0 bridgehead atoms. The van der Waals surface area contributed by atoms with Gasteiger partial charge in [0.15, 0.2) is 21.6 Å². The van der Waals surface area contributed by atoms with Gasteiger partial charge in [0.2, 0.25) is 0 Å². The van der Waals surface area contributed by atoms with Crippen LogP contribution in [-0.4, -0.2) is 65.4 Å². The van der Waals surface area contributed by atoms with Crippen LogP contribution in [-0.2, 0) is 19.4 Å². The molecule has 0 saturated carbocycles. The predicted octanol–water partition coefficient (Wildman–Crippen LogP) is 0.0575. The van der Waals surface area contributed by atoms with Gasteiger partial charge in [-0.1, -0.05) is 0 Å². The number of carbonyl (C=O) groups is 2. The van der Waals surface area contributed by atoms with Crippen molar-refractivity contribution in [2.45, 2.75) is 32.4 Å². The highest BCUT2D eigenvalue weighted by Gasteiger charge is 2.36. The maximum atomic E-state index is 12.5. The molecule has 0 spiro atoms. The van der Waals surface area contributed by atoms with E-state index in [0.29, 0.717) is 13.0 Å². The number of aromatic nitrogens is 2. The summed E-state index contributed by atoms with van der Waals surface area (Å²) in [6, 6.07) is -0.366. The van der Waals surface area contributed by atoms with Crippen molar-refractivity contribution in [1.29, 1.82) is 0 Å². The molecule has 23 heavy (non-hydrogen) atoms. The molecule has 1 aromatic rings. The summed E-state index contributed by atoms with van der Waals surface area (Å²) in [5, 5.41) is 0. The number of hydrogen-bond donors (Lipinski definition) is 0. The summed E-state index contributed by atoms with van der Waals surface area (Å²) >= 11 is 0. The van der Waals surface area contributed by atoms with E-state index in [2.05, 4.69) is 9.97 Å². The third-order valence-electron chi connectivity index (χ3n) is 3.68. The molecule has 2 atom stereocenters. The summed E-state index contributed by atoms with van der Waals surface area (Å²) in [5.74, 6) is -1.12. The minimum absolute atomic E-state index is 0.0126. The number of rotatable bonds is 5. The largest absolute Gasteiger partial charge is 0.448 e. The number of carbonyl (C=O) groups excluding carboxylic acids is 2. The second kappa shape index (κ2) is 7.03. The van der Waals surface area contributed by atoms with Crippen LogP contribution in [0.2, 0.25) is 0 Å². The van der Waals surface area contributed by atoms with Gasteiger partial charge in [-0.25, -0.2) is 18.2 Å². The molecule has 8 nitrogen and oxygen atoms in total. The summed E-state index contributed by atoms with van der Waals surface area (Å²) in [7, 11) is -3.10. The number of amides is 1. The average molecular weight is 341 g/mol. The van der Waals surface area contributed by atoms with E-state index in [0.717, 1.165) is 0 Å². The first-order valence-corrected chi connectivity index (χ1v) is 9.14. The Hall–Kier alpha value is -2.03. The van der Waals surface area contributed by atoms with Crippen LogP contribution in [0.1, 0.15) is 30.8 Å². The van der Waals surface area contributed by atoms with Gasteiger partial charge < -0.3 is 9.64 Å². The second-order valence-electron chi connectivity index (χ2n) is 5.32. The lowest BCUT2D eigenvalue weighted by atomic mass is 10.2. The Kier molecular flexibility index (Phi) is 5.30. The molecular formula is C14H19N3O5S. The molecule has 1 fully saturated rings. The quantitative estimate of drug-likeness (QED) is 0.697. The van der Waals surface area contributed by atoms with E-state index in [9.17, 15) is 18.0 Å². The highest BCUT2D eigenvalue weighted by atomic mass is 32.2. The van der Waals surface area contributed by atoms with E-state index in [1.807, 2.05) is 0 Å². The molecule has 1 saturated heterocycles. The van der Waals surface area contributed by atoms with Crippen molar-refractivity contribution in [2.75, 3.05) is 18.1 Å². The Labute approximate surface area is 134 Å².